The SMILES string of the molecule is CCCn1nc(C)c([N+](=O)[O-])c1NC1CCC(CC)C1C. The van der Waals surface area contributed by atoms with Gasteiger partial charge in [0.2, 0.25) is 5.82 Å². The summed E-state index contributed by atoms with van der Waals surface area (Å²) in [6, 6.07) is 0.306. The van der Waals surface area contributed by atoms with E-state index in [1.807, 2.05) is 0 Å². The second-order valence-electron chi connectivity index (χ2n) is 6.12. The minimum absolute atomic E-state index is 0.135. The molecule has 1 aromatic rings. The molecule has 0 aliphatic heterocycles. The summed E-state index contributed by atoms with van der Waals surface area (Å²) >= 11 is 0. The molecule has 3 unspecified atom stereocenters. The first kappa shape index (κ1) is 15.8. The number of nitrogens with zero attached hydrogens (tertiary/aromatic N) is 3. The fourth-order valence-corrected chi connectivity index (χ4v) is 3.51. The average molecular weight is 294 g/mol. The molecule has 1 heterocycles. The first-order valence-electron chi connectivity index (χ1n) is 7.97. The Morgan fingerprint density at radius 3 is 2.67 bits per heavy atom. The lowest BCUT2D eigenvalue weighted by molar-refractivity contribution is -0.384. The Balaban J connectivity index is 2.28. The third-order valence-electron chi connectivity index (χ3n) is 4.79. The summed E-state index contributed by atoms with van der Waals surface area (Å²) in [6.07, 6.45) is 4.36. The van der Waals surface area contributed by atoms with Crippen LogP contribution in [0.4, 0.5) is 11.5 Å². The van der Waals surface area contributed by atoms with Gasteiger partial charge in [-0.15, -0.1) is 0 Å². The van der Waals surface area contributed by atoms with E-state index >= 15 is 0 Å². The summed E-state index contributed by atoms with van der Waals surface area (Å²) in [7, 11) is 0. The number of hydrogen-bond donors (Lipinski definition) is 1. The molecule has 0 amide bonds. The maximum absolute atomic E-state index is 11.3. The van der Waals surface area contributed by atoms with E-state index in [1.165, 1.54) is 12.8 Å². The molecule has 6 nitrogen and oxygen atoms in total. The molecule has 21 heavy (non-hydrogen) atoms. The molecule has 1 saturated carbocycles. The van der Waals surface area contributed by atoms with Crippen LogP contribution in [0, 0.1) is 28.9 Å². The fraction of sp³-hybridized carbons (Fsp3) is 0.800. The van der Waals surface area contributed by atoms with Gasteiger partial charge in [-0.05, 0) is 38.0 Å². The minimum Gasteiger partial charge on any atom is -0.362 e. The topological polar surface area (TPSA) is 73.0 Å². The summed E-state index contributed by atoms with van der Waals surface area (Å²) in [5.74, 6) is 1.85. The number of rotatable bonds is 6. The normalized spacial score (nSPS) is 25.2. The van der Waals surface area contributed by atoms with E-state index in [2.05, 4.69) is 31.2 Å². The molecule has 1 aromatic heterocycles. The minimum atomic E-state index is -0.312. The summed E-state index contributed by atoms with van der Waals surface area (Å²) < 4.78 is 1.76. The van der Waals surface area contributed by atoms with E-state index in [1.54, 1.807) is 11.6 Å². The third kappa shape index (κ3) is 3.04. The van der Waals surface area contributed by atoms with E-state index in [9.17, 15) is 10.1 Å². The van der Waals surface area contributed by atoms with Gasteiger partial charge in [0.25, 0.3) is 0 Å². The largest absolute Gasteiger partial charge is 0.362 e. The van der Waals surface area contributed by atoms with Crippen LogP contribution in [0.15, 0.2) is 0 Å². The number of hydrogen-bond acceptors (Lipinski definition) is 4. The highest BCUT2D eigenvalue weighted by Gasteiger charge is 2.34. The predicted molar refractivity (Wildman–Crippen MR) is 83.5 cm³/mol. The zero-order chi connectivity index (χ0) is 15.6. The van der Waals surface area contributed by atoms with Gasteiger partial charge < -0.3 is 5.32 Å². The Morgan fingerprint density at radius 2 is 2.14 bits per heavy atom. The van der Waals surface area contributed by atoms with Gasteiger partial charge in [0, 0.05) is 12.6 Å². The first-order chi connectivity index (χ1) is 9.99. The Bertz CT molecular complexity index is 512. The number of anilines is 1. The molecule has 0 saturated heterocycles. The summed E-state index contributed by atoms with van der Waals surface area (Å²) in [5.41, 5.74) is 0.629. The van der Waals surface area contributed by atoms with Gasteiger partial charge in [0.1, 0.15) is 5.69 Å². The molecule has 6 heteroatoms. The van der Waals surface area contributed by atoms with E-state index in [0.717, 1.165) is 12.8 Å². The van der Waals surface area contributed by atoms with Gasteiger partial charge in [-0.1, -0.05) is 27.2 Å². The molecule has 0 bridgehead atoms. The van der Waals surface area contributed by atoms with Crippen molar-refractivity contribution in [1.82, 2.24) is 9.78 Å². The van der Waals surface area contributed by atoms with Crippen LogP contribution in [0.25, 0.3) is 0 Å². The molecule has 3 atom stereocenters. The molecule has 118 valence electrons. The Hall–Kier alpha value is -1.59. The molecular formula is C15H26N4O2. The molecule has 2 rings (SSSR count). The number of nitro groups is 1. The van der Waals surface area contributed by atoms with Gasteiger partial charge in [-0.3, -0.25) is 10.1 Å². The van der Waals surface area contributed by atoms with E-state index < -0.39 is 0 Å². The molecule has 1 aliphatic carbocycles. The van der Waals surface area contributed by atoms with Crippen LogP contribution >= 0.6 is 0 Å². The molecule has 1 aliphatic rings. The molecular weight excluding hydrogens is 268 g/mol. The fourth-order valence-electron chi connectivity index (χ4n) is 3.51. The van der Waals surface area contributed by atoms with Crippen molar-refractivity contribution in [3.8, 4) is 0 Å². The maximum atomic E-state index is 11.3. The van der Waals surface area contributed by atoms with Crippen LogP contribution in [-0.4, -0.2) is 20.7 Å². The number of nitrogens with one attached hydrogen (secondary N) is 1. The van der Waals surface area contributed by atoms with Crippen molar-refractivity contribution in [2.24, 2.45) is 11.8 Å². The second-order valence-corrected chi connectivity index (χ2v) is 6.12. The maximum Gasteiger partial charge on any atom is 0.333 e. The molecule has 1 fully saturated rings. The quantitative estimate of drug-likeness (QED) is 0.640. The summed E-state index contributed by atoms with van der Waals surface area (Å²) in [6.45, 7) is 8.94. The van der Waals surface area contributed by atoms with Crippen molar-refractivity contribution in [2.75, 3.05) is 5.32 Å². The van der Waals surface area contributed by atoms with Gasteiger partial charge in [-0.2, -0.15) is 5.10 Å². The van der Waals surface area contributed by atoms with Crippen molar-refractivity contribution >= 4 is 11.5 Å². The van der Waals surface area contributed by atoms with E-state index in [4.69, 9.17) is 0 Å². The van der Waals surface area contributed by atoms with Gasteiger partial charge in [-0.25, -0.2) is 4.68 Å². The van der Waals surface area contributed by atoms with Crippen LogP contribution < -0.4 is 5.32 Å². The van der Waals surface area contributed by atoms with Gasteiger partial charge >= 0.3 is 5.69 Å². The lowest BCUT2D eigenvalue weighted by Crippen LogP contribution is -2.26. The van der Waals surface area contributed by atoms with Crippen LogP contribution in [0.3, 0.4) is 0 Å². The lowest BCUT2D eigenvalue weighted by atomic mass is 9.93. The molecule has 0 spiro atoms. The van der Waals surface area contributed by atoms with Crippen molar-refractivity contribution in [2.45, 2.75) is 66.0 Å². The predicted octanol–water partition coefficient (Wildman–Crippen LogP) is 3.75. The highest BCUT2D eigenvalue weighted by atomic mass is 16.6. The Labute approximate surface area is 126 Å². The van der Waals surface area contributed by atoms with Crippen molar-refractivity contribution in [3.63, 3.8) is 0 Å². The van der Waals surface area contributed by atoms with Gasteiger partial charge in [0.15, 0.2) is 0 Å². The average Bonchev–Trinajstić information content (AvgIpc) is 2.92. The number of aromatic nitrogens is 2. The second kappa shape index (κ2) is 6.45. The smallest absolute Gasteiger partial charge is 0.333 e. The van der Waals surface area contributed by atoms with Crippen LogP contribution in [0.1, 0.15) is 52.1 Å². The van der Waals surface area contributed by atoms with Crippen LogP contribution in [-0.2, 0) is 6.54 Å². The Kier molecular flexibility index (Phi) is 4.85. The highest BCUT2D eigenvalue weighted by molar-refractivity contribution is 5.60. The standard InChI is InChI=1S/C15H26N4O2/c1-5-9-18-15(14(19(20)21)11(4)17-18)16-13-8-7-12(6-2)10(13)3/h10,12-13,16H,5-9H2,1-4H3. The zero-order valence-corrected chi connectivity index (χ0v) is 13.4. The zero-order valence-electron chi connectivity index (χ0n) is 13.4. The molecule has 0 radical (unpaired) electrons. The Morgan fingerprint density at radius 1 is 1.43 bits per heavy atom. The van der Waals surface area contributed by atoms with Crippen molar-refractivity contribution in [1.29, 1.82) is 0 Å². The van der Waals surface area contributed by atoms with E-state index in [-0.39, 0.29) is 10.6 Å². The van der Waals surface area contributed by atoms with Crippen LogP contribution in [0.2, 0.25) is 0 Å². The lowest BCUT2D eigenvalue weighted by Gasteiger charge is -2.22. The summed E-state index contributed by atoms with van der Waals surface area (Å²) in [4.78, 5) is 11.0. The number of aryl methyl sites for hydroxylation is 2. The molecule has 1 N–H and O–H groups in total. The molecule has 0 aromatic carbocycles. The highest BCUT2D eigenvalue weighted by Crippen LogP contribution is 2.38. The monoisotopic (exact) mass is 294 g/mol. The first-order valence-corrected chi connectivity index (χ1v) is 7.97. The van der Waals surface area contributed by atoms with Crippen molar-refractivity contribution < 1.29 is 4.92 Å². The summed E-state index contributed by atoms with van der Waals surface area (Å²) in [5, 5.41) is 19.1. The van der Waals surface area contributed by atoms with E-state index in [0.29, 0.717) is 35.9 Å². The van der Waals surface area contributed by atoms with Crippen LogP contribution in [0.5, 0.6) is 0 Å². The van der Waals surface area contributed by atoms with Gasteiger partial charge in [0.05, 0.1) is 4.92 Å². The van der Waals surface area contributed by atoms with Crippen molar-refractivity contribution in [3.05, 3.63) is 15.8 Å². The third-order valence-corrected chi connectivity index (χ3v) is 4.79.